The number of Topliss-reactive ketones (excluding diaryl/α,β-unsaturated/α-hetero) is 1. The van der Waals surface area contributed by atoms with Crippen LogP contribution < -0.4 is 16.4 Å². The Labute approximate surface area is 504 Å². The zero-order valence-corrected chi connectivity index (χ0v) is 51.1. The lowest BCUT2D eigenvalue weighted by Crippen LogP contribution is -2.75. The predicted molar refractivity (Wildman–Crippen MR) is 320 cm³/mol. The van der Waals surface area contributed by atoms with Crippen LogP contribution in [0.5, 0.6) is 0 Å². The predicted octanol–water partition coefficient (Wildman–Crippen LogP) is 6.87. The lowest BCUT2D eigenvalue weighted by molar-refractivity contribution is -0.277. The number of nitrogens with two attached hydrogens (primary N) is 1. The first-order valence-corrected chi connectivity index (χ1v) is 34.3. The maximum Gasteiger partial charge on any atom is 0.182 e. The van der Waals surface area contributed by atoms with E-state index in [1.807, 2.05) is 18.2 Å². The van der Waals surface area contributed by atoms with Crippen molar-refractivity contribution in [3.8, 4) is 0 Å². The number of rotatable bonds is 12. The Morgan fingerprint density at radius 2 is 1.72 bits per heavy atom. The number of ketones is 1. The van der Waals surface area contributed by atoms with Crippen LogP contribution in [0.2, 0.25) is 0 Å². The molecule has 2 saturated heterocycles. The summed E-state index contributed by atoms with van der Waals surface area (Å²) in [5.41, 5.74) is 3.00. The van der Waals surface area contributed by atoms with Crippen molar-refractivity contribution in [1.29, 1.82) is 0 Å². The van der Waals surface area contributed by atoms with Gasteiger partial charge in [0.1, 0.15) is 5.60 Å². The number of ether oxygens (including phenoxy) is 2. The number of dihydropyridines is 1. The first-order valence-electron chi connectivity index (χ1n) is 34.3. The fourth-order valence-corrected chi connectivity index (χ4v) is 23.5. The number of nitrogens with one attached hydrogen (secondary N) is 2. The topological polar surface area (TPSA) is 268 Å². The lowest BCUT2D eigenvalue weighted by Gasteiger charge is -2.69. The molecule has 9 fully saturated rings. The number of aliphatic hydroxyl groups excluding tert-OH is 5. The van der Waals surface area contributed by atoms with Gasteiger partial charge in [0.25, 0.3) is 0 Å². The first-order chi connectivity index (χ1) is 40.7. The van der Waals surface area contributed by atoms with Gasteiger partial charge in [0.15, 0.2) is 5.78 Å². The Morgan fingerprint density at radius 1 is 0.894 bits per heavy atom. The molecule has 11 aliphatic carbocycles. The van der Waals surface area contributed by atoms with Gasteiger partial charge in [-0.3, -0.25) is 4.79 Å². The highest BCUT2D eigenvalue weighted by Gasteiger charge is 2.81. The quantitative estimate of drug-likeness (QED) is 0.0889. The molecule has 3 heterocycles. The van der Waals surface area contributed by atoms with Crippen LogP contribution >= 0.6 is 0 Å². The standard InChI is InChI=1S/C70H103N3O12/c1-4-8-38-13-18-47-54(21-14-38)85-64-59(47)50(76)11-6-25-70(64,83)65(3,80)56-24-27-69(82)60-61(72-35-37(2)75)62(79)48-32-51(77)52(78)34-66(48)33-41(44-20-22-57(71)73-49(44)10-7-28-74)23-26-67(81,63(60)66)36-68(56,69)43-17-15-39-31-55-58-40(29-42(39)30-43)16-19-46(58)45-9-5-12-53(45)84-55/h19-20,22-23,26,37-39,41-43,45,47-48,50-57,59,63-64,72-78,80-83H,4-18,21,24-25,27-36,71H2,1-3H3/t37-,38+,39-,41+,42+,43-,45+,47+,48-,50-,51+,52-,53+,54+,55-,56+,57?,59+,63-,64+,65+,66-,67+,68-,69+,70+/m0/s1. The third-order valence-corrected chi connectivity index (χ3v) is 26.9. The monoisotopic (exact) mass is 1180 g/mol. The van der Waals surface area contributed by atoms with Crippen molar-refractivity contribution in [2.45, 2.75) is 265 Å². The maximum atomic E-state index is 16.4. The van der Waals surface area contributed by atoms with E-state index in [1.54, 1.807) is 13.8 Å². The smallest absolute Gasteiger partial charge is 0.182 e. The number of hydrogen-bond acceptors (Lipinski definition) is 15. The van der Waals surface area contributed by atoms with Gasteiger partial charge in [-0.2, -0.15) is 0 Å². The highest BCUT2D eigenvalue weighted by molar-refractivity contribution is 6.00. The van der Waals surface area contributed by atoms with Gasteiger partial charge in [-0.25, -0.2) is 0 Å². The Morgan fingerprint density at radius 3 is 2.52 bits per heavy atom. The van der Waals surface area contributed by atoms with Gasteiger partial charge in [-0.1, -0.05) is 62.5 Å². The third-order valence-electron chi connectivity index (χ3n) is 26.9. The van der Waals surface area contributed by atoms with Gasteiger partial charge >= 0.3 is 0 Å². The highest BCUT2D eigenvalue weighted by atomic mass is 16.5. The molecule has 3 aliphatic heterocycles. The van der Waals surface area contributed by atoms with E-state index in [0.717, 1.165) is 88.3 Å². The minimum atomic E-state index is -1.98. The van der Waals surface area contributed by atoms with Crippen LogP contribution in [-0.2, 0) is 14.3 Å². The minimum Gasteiger partial charge on any atom is -0.396 e. The van der Waals surface area contributed by atoms with Crippen LogP contribution in [0.15, 0.2) is 69.6 Å². The summed E-state index contributed by atoms with van der Waals surface area (Å²) in [6.07, 6.45) is 22.0. The molecule has 14 rings (SSSR count). The summed E-state index contributed by atoms with van der Waals surface area (Å²) in [6, 6.07) is 0. The Hall–Kier alpha value is -2.77. The van der Waals surface area contributed by atoms with Gasteiger partial charge in [-0.05, 0) is 224 Å². The summed E-state index contributed by atoms with van der Waals surface area (Å²) in [7, 11) is 0. The number of aliphatic hydroxyl groups is 9. The fourth-order valence-electron chi connectivity index (χ4n) is 23.5. The number of carbonyl (C=O) groups excluding carboxylic acids is 1. The van der Waals surface area contributed by atoms with Crippen LogP contribution in [0.3, 0.4) is 0 Å². The first kappa shape index (κ1) is 59.8. The van der Waals surface area contributed by atoms with Crippen LogP contribution in [0, 0.1) is 75.9 Å². The van der Waals surface area contributed by atoms with Crippen LogP contribution in [0.25, 0.3) is 0 Å². The largest absolute Gasteiger partial charge is 0.396 e. The van der Waals surface area contributed by atoms with E-state index in [9.17, 15) is 40.9 Å². The molecule has 470 valence electrons. The van der Waals surface area contributed by atoms with E-state index in [1.165, 1.54) is 23.1 Å². The molecular formula is C70H103N3O12. The van der Waals surface area contributed by atoms with Gasteiger partial charge in [0, 0.05) is 53.9 Å². The van der Waals surface area contributed by atoms with E-state index >= 15 is 9.90 Å². The van der Waals surface area contributed by atoms with E-state index in [2.05, 4.69) is 29.7 Å². The lowest BCUT2D eigenvalue weighted by atomic mass is 9.37. The van der Waals surface area contributed by atoms with Crippen molar-refractivity contribution in [1.82, 2.24) is 10.6 Å². The summed E-state index contributed by atoms with van der Waals surface area (Å²) in [6.45, 7) is 5.60. The summed E-state index contributed by atoms with van der Waals surface area (Å²) in [5.74, 6) is -2.70. The second-order valence-corrected chi connectivity index (χ2v) is 31.0. The third kappa shape index (κ3) is 9.06. The highest BCUT2D eigenvalue weighted by Crippen LogP contribution is 2.78. The van der Waals surface area contributed by atoms with Crippen molar-refractivity contribution in [2.75, 3.05) is 13.2 Å². The molecule has 0 radical (unpaired) electrons. The fraction of sp³-hybridized carbons (Fsp3) is 0.814. The average Bonchev–Trinajstić information content (AvgIpc) is 1.63. The molecule has 0 aromatic heterocycles. The van der Waals surface area contributed by atoms with Crippen molar-refractivity contribution in [2.24, 2.45) is 81.7 Å². The molecule has 1 spiro atoms. The second-order valence-electron chi connectivity index (χ2n) is 31.0. The maximum absolute atomic E-state index is 16.4. The molecule has 0 amide bonds. The summed E-state index contributed by atoms with van der Waals surface area (Å²) in [4.78, 5) is 16.4. The molecular weight excluding hydrogens is 1070 g/mol. The van der Waals surface area contributed by atoms with E-state index in [4.69, 9.17) is 15.2 Å². The van der Waals surface area contributed by atoms with Crippen LogP contribution in [0.4, 0.5) is 0 Å². The number of fused-ring (bicyclic) bond motifs is 8. The zero-order valence-electron chi connectivity index (χ0n) is 51.1. The molecule has 1 unspecified atom stereocenters. The molecule has 85 heavy (non-hydrogen) atoms. The normalized spacial score (nSPS) is 49.9. The van der Waals surface area contributed by atoms with Gasteiger partial charge in [0.05, 0.1) is 77.5 Å². The van der Waals surface area contributed by atoms with Crippen molar-refractivity contribution in [3.05, 3.63) is 69.6 Å². The second kappa shape index (κ2) is 22.0. The van der Waals surface area contributed by atoms with Gasteiger partial charge in [-0.15, -0.1) is 0 Å². The molecule has 0 aromatic rings. The molecule has 7 saturated carbocycles. The average molecular weight is 1180 g/mol. The van der Waals surface area contributed by atoms with Crippen molar-refractivity contribution in [3.63, 3.8) is 0 Å². The molecule has 15 nitrogen and oxygen atoms in total. The molecule has 26 atom stereocenters. The van der Waals surface area contributed by atoms with E-state index < -0.39 is 99.5 Å². The Bertz CT molecular complexity index is 2810. The zero-order chi connectivity index (χ0) is 59.3. The summed E-state index contributed by atoms with van der Waals surface area (Å²) >= 11 is 0. The molecule has 0 bridgehead atoms. The number of hydrogen-bond donors (Lipinski definition) is 12. The van der Waals surface area contributed by atoms with Crippen molar-refractivity contribution >= 4 is 5.78 Å². The van der Waals surface area contributed by atoms with E-state index in [0.29, 0.717) is 61.9 Å². The van der Waals surface area contributed by atoms with E-state index in [-0.39, 0.29) is 106 Å². The van der Waals surface area contributed by atoms with Gasteiger partial charge < -0.3 is 71.8 Å². The summed E-state index contributed by atoms with van der Waals surface area (Å²) < 4.78 is 14.4. The molecule has 0 aromatic carbocycles. The number of carbonyl (C=O) groups is 1. The van der Waals surface area contributed by atoms with Crippen molar-refractivity contribution < 1.29 is 60.2 Å². The molecule has 13 N–H and O–H groups in total. The Balaban J connectivity index is 0.956. The van der Waals surface area contributed by atoms with Crippen LogP contribution in [-0.4, -0.2) is 142 Å². The molecule has 15 heteroatoms. The SMILES string of the molecule is CCC[C@@H]1CC[C@H]2[C@H]3[C@@H](O[C@@H]2CC1)[C@@](O)([C@](C)(O)[C@H]1CC[C@@]2(O)C4=C(NC[C@H](C)O)C(=O)[C@@H]5C[C@@H](O)[C@@H](O)C[C@@]56C[C@H](C5=C(CCCO)NC(N)C=C5)C=C[C@@](O)(C[C@]12[C@H]1CC[C@H]2C[C@@H]5O[C@@H]7CCC[C@@H]7C7=CCC(=C75)C[C@@H]2C1)[C@@H]46)CCC[C@@H]3O. The van der Waals surface area contributed by atoms with Crippen LogP contribution in [0.1, 0.15) is 188 Å². The summed E-state index contributed by atoms with van der Waals surface area (Å²) in [5, 5.41) is 124. The number of allylic oxidation sites excluding steroid dienone is 7. The Kier molecular flexibility index (Phi) is 15.5. The van der Waals surface area contributed by atoms with Gasteiger partial charge in [0.2, 0.25) is 0 Å². The molecule has 14 aliphatic rings. The minimum absolute atomic E-state index is 0.00867.